The summed E-state index contributed by atoms with van der Waals surface area (Å²) in [6.07, 6.45) is 8.64. The van der Waals surface area contributed by atoms with Crippen molar-refractivity contribution in [3.05, 3.63) is 0 Å². The third kappa shape index (κ3) is 5.79. The molecule has 0 radical (unpaired) electrons. The maximum atomic E-state index is 12.2. The van der Waals surface area contributed by atoms with E-state index in [0.29, 0.717) is 18.4 Å². The second-order valence-corrected chi connectivity index (χ2v) is 11.6. The molecule has 5 atom stereocenters. The Morgan fingerprint density at radius 1 is 0.867 bits per heavy atom. The molecular weight excluding hydrogens is 376 g/mol. The number of hydrogen-bond donors (Lipinski definition) is 0. The predicted octanol–water partition coefficient (Wildman–Crippen LogP) is 6.41. The van der Waals surface area contributed by atoms with Crippen molar-refractivity contribution in [2.24, 2.45) is 40.4 Å². The van der Waals surface area contributed by atoms with E-state index in [4.69, 9.17) is 9.47 Å². The topological polar surface area (TPSA) is 52.6 Å². The number of ether oxygens (including phenoxy) is 2. The summed E-state index contributed by atoms with van der Waals surface area (Å²) < 4.78 is 11.0. The van der Waals surface area contributed by atoms with E-state index in [0.717, 1.165) is 37.0 Å². The molecule has 2 bridgehead atoms. The molecule has 4 heteroatoms. The molecule has 0 N–H and O–H groups in total. The number of esters is 2. The van der Waals surface area contributed by atoms with Crippen molar-refractivity contribution < 1.29 is 19.1 Å². The predicted molar refractivity (Wildman–Crippen MR) is 121 cm³/mol. The van der Waals surface area contributed by atoms with E-state index in [1.54, 1.807) is 0 Å². The van der Waals surface area contributed by atoms with Crippen molar-refractivity contribution in [2.75, 3.05) is 6.61 Å². The zero-order valence-electron chi connectivity index (χ0n) is 20.8. The third-order valence-corrected chi connectivity index (χ3v) is 8.05. The smallest absolute Gasteiger partial charge is 0.311 e. The number of fused-ring (bicyclic) bond motifs is 5. The van der Waals surface area contributed by atoms with Crippen LogP contribution in [0.4, 0.5) is 0 Å². The van der Waals surface area contributed by atoms with E-state index in [2.05, 4.69) is 6.92 Å². The lowest BCUT2D eigenvalue weighted by Gasteiger charge is -2.33. The van der Waals surface area contributed by atoms with Crippen molar-refractivity contribution in [3.63, 3.8) is 0 Å². The van der Waals surface area contributed by atoms with Crippen LogP contribution in [0.1, 0.15) is 100 Å². The van der Waals surface area contributed by atoms with Crippen LogP contribution in [0.15, 0.2) is 0 Å². The first kappa shape index (κ1) is 25.2. The van der Waals surface area contributed by atoms with Gasteiger partial charge in [0.05, 0.1) is 17.4 Å². The molecule has 3 saturated carbocycles. The second kappa shape index (κ2) is 10.0. The van der Waals surface area contributed by atoms with Crippen LogP contribution in [0, 0.1) is 40.4 Å². The molecule has 3 fully saturated rings. The highest BCUT2D eigenvalue weighted by molar-refractivity contribution is 5.76. The zero-order chi connectivity index (χ0) is 22.7. The number of rotatable bonds is 7. The van der Waals surface area contributed by atoms with Crippen molar-refractivity contribution in [1.82, 2.24) is 0 Å². The number of carbonyl (C=O) groups excluding carboxylic acids is 2. The average Bonchev–Trinajstić information content (AvgIpc) is 3.39. The van der Waals surface area contributed by atoms with E-state index < -0.39 is 0 Å². The first-order valence-corrected chi connectivity index (χ1v) is 12.3. The molecule has 0 spiro atoms. The zero-order valence-corrected chi connectivity index (χ0v) is 20.8. The summed E-state index contributed by atoms with van der Waals surface area (Å²) >= 11 is 0. The SMILES string of the molecule is CCC(C)(C)C(=O)OC1CC2CC1C1CCCC21.CCC(C)(C)C(=O)OCC(C)C. The fourth-order valence-corrected chi connectivity index (χ4v) is 5.16. The Bertz CT molecular complexity index is 592. The molecule has 0 aromatic carbocycles. The average molecular weight is 423 g/mol. The molecule has 0 heterocycles. The summed E-state index contributed by atoms with van der Waals surface area (Å²) in [7, 11) is 0. The minimum absolute atomic E-state index is 0.0251. The highest BCUT2D eigenvalue weighted by Gasteiger charge is 2.55. The molecule has 3 aliphatic carbocycles. The summed E-state index contributed by atoms with van der Waals surface area (Å²) in [4.78, 5) is 23.6. The van der Waals surface area contributed by atoms with Gasteiger partial charge in [-0.2, -0.15) is 0 Å². The molecule has 0 aliphatic heterocycles. The van der Waals surface area contributed by atoms with Crippen LogP contribution in [0.3, 0.4) is 0 Å². The van der Waals surface area contributed by atoms with Crippen molar-refractivity contribution in [2.45, 2.75) is 106 Å². The summed E-state index contributed by atoms with van der Waals surface area (Å²) in [5, 5.41) is 0. The van der Waals surface area contributed by atoms with Crippen molar-refractivity contribution in [3.8, 4) is 0 Å². The lowest BCUT2D eigenvalue weighted by Crippen LogP contribution is -2.36. The van der Waals surface area contributed by atoms with E-state index in [-0.39, 0.29) is 28.9 Å². The molecule has 4 nitrogen and oxygen atoms in total. The minimum Gasteiger partial charge on any atom is -0.465 e. The summed E-state index contributed by atoms with van der Waals surface area (Å²) in [5.41, 5.74) is -0.633. The molecule has 0 aromatic heterocycles. The van der Waals surface area contributed by atoms with Crippen LogP contribution < -0.4 is 0 Å². The molecule has 174 valence electrons. The quantitative estimate of drug-likeness (QED) is 0.445. The van der Waals surface area contributed by atoms with Gasteiger partial charge < -0.3 is 9.47 Å². The molecule has 5 unspecified atom stereocenters. The van der Waals surface area contributed by atoms with E-state index in [1.165, 1.54) is 25.7 Å². The number of hydrogen-bond acceptors (Lipinski definition) is 4. The van der Waals surface area contributed by atoms with Crippen LogP contribution in [0.5, 0.6) is 0 Å². The van der Waals surface area contributed by atoms with Gasteiger partial charge in [0.25, 0.3) is 0 Å². The van der Waals surface area contributed by atoms with Crippen LogP contribution in [-0.2, 0) is 19.1 Å². The molecule has 3 rings (SSSR count). The maximum absolute atomic E-state index is 12.2. The lowest BCUT2D eigenvalue weighted by atomic mass is 9.80. The Kier molecular flexibility index (Phi) is 8.43. The van der Waals surface area contributed by atoms with E-state index in [1.807, 2.05) is 48.5 Å². The Hall–Kier alpha value is -1.06. The van der Waals surface area contributed by atoms with Gasteiger partial charge in [0.15, 0.2) is 0 Å². The fourth-order valence-electron chi connectivity index (χ4n) is 5.16. The third-order valence-electron chi connectivity index (χ3n) is 8.05. The normalized spacial score (nSPS) is 30.0. The van der Waals surface area contributed by atoms with Gasteiger partial charge in [-0.25, -0.2) is 0 Å². The standard InChI is InChI=1S/C16H26O2.C10H20O2/c1-4-16(2,3)15(17)18-14-9-10-8-13(14)12-7-5-6-11(10)12;1-6-10(4,5)9(11)12-7-8(2)3/h10-14H,4-9H2,1-3H3;8H,6-7H2,1-5H3. The fraction of sp³-hybridized carbons (Fsp3) is 0.923. The summed E-state index contributed by atoms with van der Waals surface area (Å²) in [5.74, 6) is 3.77. The van der Waals surface area contributed by atoms with Gasteiger partial charge in [-0.05, 0) is 95.8 Å². The molecule has 30 heavy (non-hydrogen) atoms. The van der Waals surface area contributed by atoms with Gasteiger partial charge in [-0.1, -0.05) is 34.1 Å². The Morgan fingerprint density at radius 2 is 1.43 bits per heavy atom. The lowest BCUT2D eigenvalue weighted by molar-refractivity contribution is -0.164. The van der Waals surface area contributed by atoms with Gasteiger partial charge in [0.2, 0.25) is 0 Å². The van der Waals surface area contributed by atoms with Crippen LogP contribution in [-0.4, -0.2) is 24.6 Å². The van der Waals surface area contributed by atoms with Crippen LogP contribution >= 0.6 is 0 Å². The van der Waals surface area contributed by atoms with Crippen molar-refractivity contribution in [1.29, 1.82) is 0 Å². The Labute approximate surface area is 184 Å². The molecule has 0 aromatic rings. The molecular formula is C26H46O4. The van der Waals surface area contributed by atoms with Crippen LogP contribution in [0.25, 0.3) is 0 Å². The Morgan fingerprint density at radius 3 is 2.00 bits per heavy atom. The van der Waals surface area contributed by atoms with Crippen molar-refractivity contribution >= 4 is 11.9 Å². The minimum atomic E-state index is -0.325. The molecule has 0 amide bonds. The molecule has 0 saturated heterocycles. The van der Waals surface area contributed by atoms with E-state index >= 15 is 0 Å². The van der Waals surface area contributed by atoms with E-state index in [9.17, 15) is 9.59 Å². The molecule has 3 aliphatic rings. The van der Waals surface area contributed by atoms with Gasteiger partial charge >= 0.3 is 11.9 Å². The van der Waals surface area contributed by atoms with Gasteiger partial charge in [0.1, 0.15) is 6.10 Å². The first-order valence-electron chi connectivity index (χ1n) is 12.3. The van der Waals surface area contributed by atoms with Gasteiger partial charge in [0, 0.05) is 0 Å². The highest BCUT2D eigenvalue weighted by atomic mass is 16.5. The second-order valence-electron chi connectivity index (χ2n) is 11.6. The summed E-state index contributed by atoms with van der Waals surface area (Å²) in [6, 6.07) is 0. The van der Waals surface area contributed by atoms with Crippen LogP contribution in [0.2, 0.25) is 0 Å². The monoisotopic (exact) mass is 422 g/mol. The Balaban J connectivity index is 0.000000235. The largest absolute Gasteiger partial charge is 0.465 e. The highest BCUT2D eigenvalue weighted by Crippen LogP contribution is 2.59. The van der Waals surface area contributed by atoms with Gasteiger partial charge in [-0.3, -0.25) is 9.59 Å². The van der Waals surface area contributed by atoms with Gasteiger partial charge in [-0.15, -0.1) is 0 Å². The summed E-state index contributed by atoms with van der Waals surface area (Å²) in [6.45, 7) is 16.5. The number of carbonyl (C=O) groups is 2. The first-order chi connectivity index (χ1) is 13.9. The maximum Gasteiger partial charge on any atom is 0.311 e.